The van der Waals surface area contributed by atoms with E-state index in [1.54, 1.807) is 23.5 Å². The molecule has 14 heteroatoms. The van der Waals surface area contributed by atoms with Crippen LogP contribution >= 0.6 is 22.7 Å². The van der Waals surface area contributed by atoms with Crippen LogP contribution in [0, 0.1) is 24.6 Å². The molecule has 0 bridgehead atoms. The van der Waals surface area contributed by atoms with Gasteiger partial charge in [-0.15, -0.1) is 21.5 Å². The minimum Gasteiger partial charge on any atom is -0.491 e. The number of ether oxygens (including phenoxy) is 1. The molecule has 1 aliphatic heterocycles. The Morgan fingerprint density at radius 3 is 2.51 bits per heavy atom. The van der Waals surface area contributed by atoms with E-state index in [2.05, 4.69) is 42.2 Å². The molecule has 4 heterocycles. The first kappa shape index (κ1) is 41.9. The van der Waals surface area contributed by atoms with Crippen molar-refractivity contribution in [2.45, 2.75) is 77.6 Å². The molecule has 1 aliphatic rings. The first-order chi connectivity index (χ1) is 27.7. The van der Waals surface area contributed by atoms with E-state index in [4.69, 9.17) is 4.74 Å². The average Bonchev–Trinajstić information content (AvgIpc) is 3.82. The summed E-state index contributed by atoms with van der Waals surface area (Å²) in [5, 5.41) is 24.0. The van der Waals surface area contributed by atoms with Crippen molar-refractivity contribution in [1.29, 1.82) is 0 Å². The number of rotatable bonds is 20. The lowest BCUT2D eigenvalue weighted by Crippen LogP contribution is -2.30. The SMILES string of the molecule is Cc1cc(N(CCCCCCCCN2CCCCC2)c2nc(C(=O)O)c(CCCOc3ccc(C#CCN(C)C)cc3F)s2)nnc1Nc1nc2ccccc2s1. The minimum atomic E-state index is -1.09. The molecule has 11 nitrogen and oxygen atoms in total. The van der Waals surface area contributed by atoms with E-state index in [-0.39, 0.29) is 18.1 Å². The summed E-state index contributed by atoms with van der Waals surface area (Å²) in [6, 6.07) is 14.6. The number of hydrogen-bond acceptors (Lipinski definition) is 12. The number of aryl methyl sites for hydroxylation is 2. The molecule has 57 heavy (non-hydrogen) atoms. The molecule has 0 amide bonds. The predicted octanol–water partition coefficient (Wildman–Crippen LogP) is 9.32. The predicted molar refractivity (Wildman–Crippen MR) is 229 cm³/mol. The molecule has 5 aromatic rings. The van der Waals surface area contributed by atoms with Crippen molar-refractivity contribution in [3.63, 3.8) is 0 Å². The first-order valence-corrected chi connectivity index (χ1v) is 21.6. The second kappa shape index (κ2) is 21.2. The molecule has 3 aromatic heterocycles. The zero-order chi connectivity index (χ0) is 40.0. The summed E-state index contributed by atoms with van der Waals surface area (Å²) >= 11 is 2.90. The van der Waals surface area contributed by atoms with E-state index in [0.717, 1.165) is 40.2 Å². The Morgan fingerprint density at radius 2 is 1.75 bits per heavy atom. The van der Waals surface area contributed by atoms with Gasteiger partial charge in [0.15, 0.2) is 39.2 Å². The molecule has 2 aromatic carbocycles. The maximum absolute atomic E-state index is 14.8. The molecular formula is C43H53FN8O3S2. The smallest absolute Gasteiger partial charge is 0.355 e. The molecule has 0 spiro atoms. The molecule has 1 saturated heterocycles. The average molecular weight is 813 g/mol. The molecule has 2 N–H and O–H groups in total. The molecule has 0 atom stereocenters. The van der Waals surface area contributed by atoms with Crippen molar-refractivity contribution in [1.82, 2.24) is 30.0 Å². The number of halogens is 1. The van der Waals surface area contributed by atoms with Gasteiger partial charge >= 0.3 is 5.97 Å². The lowest BCUT2D eigenvalue weighted by atomic mass is 10.1. The fourth-order valence-corrected chi connectivity index (χ4v) is 8.75. The molecule has 302 valence electrons. The van der Waals surface area contributed by atoms with Crippen LogP contribution < -0.4 is 15.0 Å². The van der Waals surface area contributed by atoms with Crippen molar-refractivity contribution in [2.24, 2.45) is 0 Å². The lowest BCUT2D eigenvalue weighted by Gasteiger charge is -2.26. The highest BCUT2D eigenvalue weighted by Crippen LogP contribution is 2.34. The number of para-hydroxylation sites is 1. The van der Waals surface area contributed by atoms with Crippen LogP contribution in [-0.2, 0) is 6.42 Å². The Bertz CT molecular complexity index is 2110. The highest BCUT2D eigenvalue weighted by atomic mass is 32.1. The number of nitrogens with one attached hydrogen (secondary N) is 1. The maximum Gasteiger partial charge on any atom is 0.355 e. The highest BCUT2D eigenvalue weighted by Gasteiger charge is 2.23. The number of aromatic carboxylic acids is 1. The van der Waals surface area contributed by atoms with Crippen LogP contribution in [0.5, 0.6) is 5.75 Å². The number of benzene rings is 2. The second-order valence-electron chi connectivity index (χ2n) is 14.7. The molecular weight excluding hydrogens is 760 g/mol. The van der Waals surface area contributed by atoms with Gasteiger partial charge in [-0.1, -0.05) is 67.4 Å². The summed E-state index contributed by atoms with van der Waals surface area (Å²) in [5.74, 6) is 5.74. The Morgan fingerprint density at radius 1 is 0.965 bits per heavy atom. The number of carboxylic acids is 1. The van der Waals surface area contributed by atoms with E-state index in [1.165, 1.54) is 75.6 Å². The van der Waals surface area contributed by atoms with Crippen LogP contribution in [0.3, 0.4) is 0 Å². The minimum absolute atomic E-state index is 0.0133. The van der Waals surface area contributed by atoms with Gasteiger partial charge in [0.2, 0.25) is 0 Å². The Labute approximate surface area is 343 Å². The number of anilines is 4. The van der Waals surface area contributed by atoms with Gasteiger partial charge in [0.05, 0.1) is 23.4 Å². The number of thiazole rings is 2. The van der Waals surface area contributed by atoms with E-state index in [1.807, 2.05) is 61.2 Å². The topological polar surface area (TPSA) is 120 Å². The van der Waals surface area contributed by atoms with Gasteiger partial charge in [-0.25, -0.2) is 19.2 Å². The number of likely N-dealkylation sites (tertiary alicyclic amines) is 1. The monoisotopic (exact) mass is 812 g/mol. The molecule has 0 radical (unpaired) electrons. The third-order valence-electron chi connectivity index (χ3n) is 9.81. The third kappa shape index (κ3) is 12.4. The summed E-state index contributed by atoms with van der Waals surface area (Å²) in [6.45, 7) is 7.08. The van der Waals surface area contributed by atoms with Gasteiger partial charge in [-0.3, -0.25) is 4.90 Å². The third-order valence-corrected chi connectivity index (χ3v) is 11.9. The fourth-order valence-electron chi connectivity index (χ4n) is 6.76. The van der Waals surface area contributed by atoms with E-state index >= 15 is 0 Å². The van der Waals surface area contributed by atoms with Gasteiger partial charge in [0, 0.05) is 17.0 Å². The number of piperidine rings is 1. The first-order valence-electron chi connectivity index (χ1n) is 20.0. The van der Waals surface area contributed by atoms with Crippen LogP contribution in [0.15, 0.2) is 48.5 Å². The number of aromatic nitrogens is 4. The number of unbranched alkanes of at least 4 members (excludes halogenated alkanes) is 5. The molecule has 0 unspecified atom stereocenters. The van der Waals surface area contributed by atoms with Crippen LogP contribution in [0.4, 0.5) is 26.3 Å². The fraction of sp³-hybridized carbons (Fsp3) is 0.465. The molecule has 6 rings (SSSR count). The molecule has 0 aliphatic carbocycles. The zero-order valence-corrected chi connectivity index (χ0v) is 34.9. The largest absolute Gasteiger partial charge is 0.491 e. The van der Waals surface area contributed by atoms with Crippen molar-refractivity contribution >= 4 is 60.8 Å². The second-order valence-corrected chi connectivity index (χ2v) is 16.8. The number of carboxylic acid groups (broad SMARTS) is 1. The van der Waals surface area contributed by atoms with Crippen molar-refractivity contribution in [2.75, 3.05) is 63.6 Å². The summed E-state index contributed by atoms with van der Waals surface area (Å²) in [6.07, 6.45) is 11.7. The van der Waals surface area contributed by atoms with E-state index in [9.17, 15) is 14.3 Å². The van der Waals surface area contributed by atoms with Crippen molar-refractivity contribution < 1.29 is 19.0 Å². The van der Waals surface area contributed by atoms with Gasteiger partial charge < -0.3 is 25.0 Å². The Balaban J connectivity index is 1.10. The quantitative estimate of drug-likeness (QED) is 0.0578. The Hall–Kier alpha value is -4.68. The normalized spacial score (nSPS) is 13.1. The molecule has 1 fully saturated rings. The van der Waals surface area contributed by atoms with Crippen LogP contribution in [-0.4, -0.2) is 94.5 Å². The zero-order valence-electron chi connectivity index (χ0n) is 33.2. The van der Waals surface area contributed by atoms with Crippen LogP contribution in [0.1, 0.15) is 90.7 Å². The highest BCUT2D eigenvalue weighted by molar-refractivity contribution is 7.22. The summed E-state index contributed by atoms with van der Waals surface area (Å²) in [7, 11) is 3.85. The van der Waals surface area contributed by atoms with E-state index in [0.29, 0.717) is 53.1 Å². The standard InChI is InChI=1S/C43H53FN8O3S2/c1-31-29-38(48-49-40(31)47-42-45-34-18-9-10-19-36(34)56-42)52(27-14-7-5-4-6-11-24-51-25-12-8-13-26-51)43-46-39(41(53)54)37(57-43)20-16-28-55-35-22-21-32(30-33(35)44)17-15-23-50(2)3/h9-10,18-19,21-22,29-30H,4-8,11-14,16,20,23-28H2,1-3H3,(H,53,54)(H,45,47,49). The summed E-state index contributed by atoms with van der Waals surface area (Å²) in [4.78, 5) is 28.9. The summed E-state index contributed by atoms with van der Waals surface area (Å²) in [5.41, 5.74) is 2.39. The molecule has 0 saturated carbocycles. The van der Waals surface area contributed by atoms with Crippen LogP contribution in [0.25, 0.3) is 10.2 Å². The van der Waals surface area contributed by atoms with Crippen LogP contribution in [0.2, 0.25) is 0 Å². The number of nitrogens with zero attached hydrogens (tertiary/aromatic N) is 7. The Kier molecular flexibility index (Phi) is 15.6. The van der Waals surface area contributed by atoms with Crippen molar-refractivity contribution in [3.05, 3.63) is 76.0 Å². The maximum atomic E-state index is 14.8. The lowest BCUT2D eigenvalue weighted by molar-refractivity contribution is 0.0690. The number of fused-ring (bicyclic) bond motifs is 1. The number of carbonyl (C=O) groups is 1. The number of hydrogen-bond donors (Lipinski definition) is 2. The van der Waals surface area contributed by atoms with E-state index < -0.39 is 11.8 Å². The summed E-state index contributed by atoms with van der Waals surface area (Å²) < 4.78 is 21.6. The van der Waals surface area contributed by atoms with Gasteiger partial charge in [-0.05, 0) is 121 Å². The van der Waals surface area contributed by atoms with Crippen molar-refractivity contribution in [3.8, 4) is 17.6 Å². The van der Waals surface area contributed by atoms with Gasteiger partial charge in [0.1, 0.15) is 0 Å². The van der Waals surface area contributed by atoms with Gasteiger partial charge in [0.25, 0.3) is 0 Å². The van der Waals surface area contributed by atoms with Gasteiger partial charge in [-0.2, -0.15) is 0 Å².